The lowest BCUT2D eigenvalue weighted by molar-refractivity contribution is 0.0785. The zero-order valence-corrected chi connectivity index (χ0v) is 13.3. The molecule has 1 heterocycles. The second kappa shape index (κ2) is 7.43. The van der Waals surface area contributed by atoms with Gasteiger partial charge in [0.25, 0.3) is 5.91 Å². The number of hydrogen-bond donors (Lipinski definition) is 0. The summed E-state index contributed by atoms with van der Waals surface area (Å²) in [6.45, 7) is 1.75. The molecule has 0 bridgehead atoms. The van der Waals surface area contributed by atoms with Crippen LogP contribution in [0.2, 0.25) is 0 Å². The third kappa shape index (κ3) is 3.91. The first-order valence-electron chi connectivity index (χ1n) is 8.05. The third-order valence-corrected chi connectivity index (χ3v) is 4.28. The molecule has 0 aromatic heterocycles. The largest absolute Gasteiger partial charge is 0.491 e. The van der Waals surface area contributed by atoms with Gasteiger partial charge in [0.2, 0.25) is 0 Å². The minimum Gasteiger partial charge on any atom is -0.491 e. The van der Waals surface area contributed by atoms with E-state index in [4.69, 9.17) is 4.74 Å². The molecule has 126 valence electrons. The van der Waals surface area contributed by atoms with Gasteiger partial charge in [0.05, 0.1) is 6.61 Å². The zero-order valence-electron chi connectivity index (χ0n) is 13.3. The second-order valence-corrected chi connectivity index (χ2v) is 5.98. The van der Waals surface area contributed by atoms with Crippen LogP contribution in [0.3, 0.4) is 0 Å². The maximum Gasteiger partial charge on any atom is 0.253 e. The lowest BCUT2D eigenvalue weighted by Gasteiger charge is -2.17. The Morgan fingerprint density at radius 3 is 2.62 bits per heavy atom. The molecule has 1 unspecified atom stereocenters. The fourth-order valence-electron chi connectivity index (χ4n) is 2.93. The van der Waals surface area contributed by atoms with E-state index in [0.29, 0.717) is 31.2 Å². The number of nitrogens with zero attached hydrogens (tertiary/aromatic N) is 1. The smallest absolute Gasteiger partial charge is 0.253 e. The quantitative estimate of drug-likeness (QED) is 0.832. The van der Waals surface area contributed by atoms with E-state index < -0.39 is 0 Å². The molecule has 1 saturated heterocycles. The monoisotopic (exact) mass is 331 g/mol. The molecule has 3 rings (SSSR count). The maximum atomic E-state index is 13.5. The Morgan fingerprint density at radius 2 is 1.88 bits per heavy atom. The number of benzene rings is 2. The van der Waals surface area contributed by atoms with Gasteiger partial charge in [-0.15, -0.1) is 0 Å². The van der Waals surface area contributed by atoms with Crippen LogP contribution in [-0.2, 0) is 0 Å². The second-order valence-electron chi connectivity index (χ2n) is 5.98. The van der Waals surface area contributed by atoms with E-state index in [0.717, 1.165) is 12.8 Å². The summed E-state index contributed by atoms with van der Waals surface area (Å²) < 4.78 is 31.9. The molecule has 1 fully saturated rings. The number of carbonyl (C=O) groups is 1. The van der Waals surface area contributed by atoms with Crippen LogP contribution in [-0.4, -0.2) is 30.5 Å². The molecule has 0 aliphatic carbocycles. The van der Waals surface area contributed by atoms with Crippen LogP contribution in [0.4, 0.5) is 8.78 Å². The number of para-hydroxylation sites is 1. The zero-order chi connectivity index (χ0) is 16.9. The summed E-state index contributed by atoms with van der Waals surface area (Å²) in [5, 5.41) is 0. The summed E-state index contributed by atoms with van der Waals surface area (Å²) >= 11 is 0. The Bertz CT molecular complexity index is 703. The number of hydrogen-bond acceptors (Lipinski definition) is 2. The number of halogens is 2. The van der Waals surface area contributed by atoms with E-state index in [2.05, 4.69) is 0 Å². The molecule has 24 heavy (non-hydrogen) atoms. The van der Waals surface area contributed by atoms with E-state index in [1.165, 1.54) is 30.3 Å². The summed E-state index contributed by atoms with van der Waals surface area (Å²) in [6.07, 6.45) is 1.66. The first-order chi connectivity index (χ1) is 11.6. The van der Waals surface area contributed by atoms with Crippen molar-refractivity contribution >= 4 is 5.91 Å². The van der Waals surface area contributed by atoms with E-state index in [-0.39, 0.29) is 23.3 Å². The maximum absolute atomic E-state index is 13.5. The fraction of sp³-hybridized carbons (Fsp3) is 0.316. The Balaban J connectivity index is 1.48. The Hall–Kier alpha value is -2.43. The summed E-state index contributed by atoms with van der Waals surface area (Å²) in [4.78, 5) is 14.1. The molecule has 1 aliphatic heterocycles. The summed E-state index contributed by atoms with van der Waals surface area (Å²) in [7, 11) is 0. The van der Waals surface area contributed by atoms with E-state index in [9.17, 15) is 13.6 Å². The van der Waals surface area contributed by atoms with Gasteiger partial charge in [0, 0.05) is 18.7 Å². The summed E-state index contributed by atoms with van der Waals surface area (Å²) in [5.74, 6) is -0.198. The molecule has 1 amide bonds. The molecule has 0 saturated carbocycles. The first kappa shape index (κ1) is 16.4. The topological polar surface area (TPSA) is 29.5 Å². The standard InChI is InChI=1S/C19H19F2NO2/c20-16-7-5-15(6-8-16)19(23)22-11-9-14(13-22)10-12-24-18-4-2-1-3-17(18)21/h1-8,14H,9-13H2. The molecule has 2 aromatic carbocycles. The van der Waals surface area contributed by atoms with Crippen molar-refractivity contribution in [2.45, 2.75) is 12.8 Å². The number of amides is 1. The van der Waals surface area contributed by atoms with Crippen molar-refractivity contribution in [3.63, 3.8) is 0 Å². The van der Waals surface area contributed by atoms with Gasteiger partial charge < -0.3 is 9.64 Å². The highest BCUT2D eigenvalue weighted by Crippen LogP contribution is 2.23. The van der Waals surface area contributed by atoms with Gasteiger partial charge in [0.1, 0.15) is 5.82 Å². The van der Waals surface area contributed by atoms with Crippen molar-refractivity contribution in [3.8, 4) is 5.75 Å². The highest BCUT2D eigenvalue weighted by Gasteiger charge is 2.26. The summed E-state index contributed by atoms with van der Waals surface area (Å²) in [6, 6.07) is 11.9. The van der Waals surface area contributed by atoms with Gasteiger partial charge in [-0.2, -0.15) is 0 Å². The number of rotatable bonds is 5. The predicted molar refractivity (Wildman–Crippen MR) is 86.9 cm³/mol. The van der Waals surface area contributed by atoms with Gasteiger partial charge >= 0.3 is 0 Å². The third-order valence-electron chi connectivity index (χ3n) is 4.28. The Labute approximate surface area is 139 Å². The first-order valence-corrected chi connectivity index (χ1v) is 8.05. The number of carbonyl (C=O) groups excluding carboxylic acids is 1. The van der Waals surface area contributed by atoms with E-state index in [1.807, 2.05) is 0 Å². The van der Waals surface area contributed by atoms with Gasteiger partial charge in [-0.25, -0.2) is 8.78 Å². The van der Waals surface area contributed by atoms with Crippen molar-refractivity contribution in [3.05, 3.63) is 65.7 Å². The van der Waals surface area contributed by atoms with Crippen LogP contribution in [0.1, 0.15) is 23.2 Å². The average molecular weight is 331 g/mol. The molecule has 1 aliphatic rings. The summed E-state index contributed by atoms with van der Waals surface area (Å²) in [5.41, 5.74) is 0.500. The van der Waals surface area contributed by atoms with Crippen LogP contribution in [0, 0.1) is 17.6 Å². The minimum absolute atomic E-state index is 0.0764. The minimum atomic E-state index is -0.364. The predicted octanol–water partition coefficient (Wildman–Crippen LogP) is 3.90. The molecular formula is C19H19F2NO2. The van der Waals surface area contributed by atoms with Crippen molar-refractivity contribution < 1.29 is 18.3 Å². The molecule has 2 aromatic rings. The SMILES string of the molecule is O=C(c1ccc(F)cc1)N1CCC(CCOc2ccccc2F)C1. The van der Waals surface area contributed by atoms with Crippen LogP contribution in [0.5, 0.6) is 5.75 Å². The Kier molecular flexibility index (Phi) is 5.08. The molecule has 1 atom stereocenters. The molecule has 0 spiro atoms. The van der Waals surface area contributed by atoms with Gasteiger partial charge in [-0.3, -0.25) is 4.79 Å². The molecule has 3 nitrogen and oxygen atoms in total. The normalized spacial score (nSPS) is 17.1. The van der Waals surface area contributed by atoms with Crippen molar-refractivity contribution in [1.82, 2.24) is 4.90 Å². The molecule has 0 N–H and O–H groups in total. The van der Waals surface area contributed by atoms with Crippen molar-refractivity contribution in [2.24, 2.45) is 5.92 Å². The van der Waals surface area contributed by atoms with Crippen LogP contribution >= 0.6 is 0 Å². The van der Waals surface area contributed by atoms with Crippen molar-refractivity contribution in [1.29, 1.82) is 0 Å². The van der Waals surface area contributed by atoms with Crippen LogP contribution in [0.25, 0.3) is 0 Å². The lowest BCUT2D eigenvalue weighted by Crippen LogP contribution is -2.28. The number of likely N-dealkylation sites (tertiary alicyclic amines) is 1. The van der Waals surface area contributed by atoms with Gasteiger partial charge in [0.15, 0.2) is 11.6 Å². The van der Waals surface area contributed by atoms with Crippen molar-refractivity contribution in [2.75, 3.05) is 19.7 Å². The average Bonchev–Trinajstić information content (AvgIpc) is 3.05. The molecule has 5 heteroatoms. The highest BCUT2D eigenvalue weighted by molar-refractivity contribution is 5.94. The lowest BCUT2D eigenvalue weighted by atomic mass is 10.1. The van der Waals surface area contributed by atoms with Gasteiger partial charge in [-0.1, -0.05) is 12.1 Å². The highest BCUT2D eigenvalue weighted by atomic mass is 19.1. The van der Waals surface area contributed by atoms with Gasteiger partial charge in [-0.05, 0) is 55.2 Å². The molecular weight excluding hydrogens is 312 g/mol. The molecule has 0 radical (unpaired) electrons. The van der Waals surface area contributed by atoms with Crippen LogP contribution in [0.15, 0.2) is 48.5 Å². The Morgan fingerprint density at radius 1 is 1.12 bits per heavy atom. The van der Waals surface area contributed by atoms with E-state index in [1.54, 1.807) is 23.1 Å². The van der Waals surface area contributed by atoms with E-state index >= 15 is 0 Å². The number of ether oxygens (including phenoxy) is 1. The van der Waals surface area contributed by atoms with Crippen LogP contribution < -0.4 is 4.74 Å². The fourth-order valence-corrected chi connectivity index (χ4v) is 2.93.